The maximum atomic E-state index is 9.62. The van der Waals surface area contributed by atoms with Gasteiger partial charge in [-0.1, -0.05) is 0 Å². The third-order valence-electron chi connectivity index (χ3n) is 2.63. The monoisotopic (exact) mass is 166 g/mol. The van der Waals surface area contributed by atoms with Crippen molar-refractivity contribution in [1.82, 2.24) is 9.78 Å². The zero-order chi connectivity index (χ0) is 8.55. The molecule has 0 saturated heterocycles. The van der Waals surface area contributed by atoms with E-state index in [0.29, 0.717) is 0 Å². The normalized spacial score (nSPS) is 29.5. The standard InChI is InChI=1S/C9H14N2O/c1-7-5-6-10-11(7)8-3-2-4-9(8)12/h5-6,8-9,12H,2-4H2,1H3. The molecule has 0 bridgehead atoms. The van der Waals surface area contributed by atoms with E-state index >= 15 is 0 Å². The molecule has 0 radical (unpaired) electrons. The van der Waals surface area contributed by atoms with Crippen LogP contribution in [0, 0.1) is 6.92 Å². The lowest BCUT2D eigenvalue weighted by molar-refractivity contribution is 0.129. The van der Waals surface area contributed by atoms with Crippen LogP contribution in [-0.4, -0.2) is 21.0 Å². The first-order chi connectivity index (χ1) is 5.79. The Morgan fingerprint density at radius 3 is 2.92 bits per heavy atom. The van der Waals surface area contributed by atoms with Gasteiger partial charge in [-0.25, -0.2) is 0 Å². The van der Waals surface area contributed by atoms with Crippen LogP contribution in [-0.2, 0) is 0 Å². The van der Waals surface area contributed by atoms with E-state index in [4.69, 9.17) is 0 Å². The fourth-order valence-electron chi connectivity index (χ4n) is 1.93. The third kappa shape index (κ3) is 1.14. The van der Waals surface area contributed by atoms with Crippen molar-refractivity contribution in [2.75, 3.05) is 0 Å². The number of hydrogen-bond acceptors (Lipinski definition) is 2. The van der Waals surface area contributed by atoms with Crippen LogP contribution in [0.25, 0.3) is 0 Å². The lowest BCUT2D eigenvalue weighted by Crippen LogP contribution is -2.20. The number of aliphatic hydroxyl groups is 1. The summed E-state index contributed by atoms with van der Waals surface area (Å²) in [4.78, 5) is 0. The smallest absolute Gasteiger partial charge is 0.0781 e. The van der Waals surface area contributed by atoms with E-state index in [2.05, 4.69) is 5.10 Å². The highest BCUT2D eigenvalue weighted by Crippen LogP contribution is 2.29. The summed E-state index contributed by atoms with van der Waals surface area (Å²) in [6.07, 6.45) is 4.70. The van der Waals surface area contributed by atoms with E-state index in [1.165, 1.54) is 0 Å². The number of aryl methyl sites for hydroxylation is 1. The van der Waals surface area contributed by atoms with Crippen LogP contribution in [0.15, 0.2) is 12.3 Å². The average molecular weight is 166 g/mol. The Balaban J connectivity index is 2.24. The number of aromatic nitrogens is 2. The molecule has 1 aliphatic rings. The second kappa shape index (κ2) is 2.90. The highest BCUT2D eigenvalue weighted by Gasteiger charge is 2.27. The second-order valence-corrected chi connectivity index (χ2v) is 3.48. The highest BCUT2D eigenvalue weighted by molar-refractivity contribution is 5.00. The number of nitrogens with zero attached hydrogens (tertiary/aromatic N) is 2. The largest absolute Gasteiger partial charge is 0.391 e. The first-order valence-electron chi connectivity index (χ1n) is 4.47. The van der Waals surface area contributed by atoms with E-state index in [1.807, 2.05) is 17.7 Å². The Morgan fingerprint density at radius 2 is 2.42 bits per heavy atom. The third-order valence-corrected chi connectivity index (χ3v) is 2.63. The summed E-state index contributed by atoms with van der Waals surface area (Å²) in [5, 5.41) is 13.8. The van der Waals surface area contributed by atoms with Gasteiger partial charge in [-0.3, -0.25) is 4.68 Å². The van der Waals surface area contributed by atoms with Gasteiger partial charge in [0.05, 0.1) is 12.1 Å². The molecule has 1 aromatic rings. The fraction of sp³-hybridized carbons (Fsp3) is 0.667. The lowest BCUT2D eigenvalue weighted by atomic mass is 10.2. The summed E-state index contributed by atoms with van der Waals surface area (Å²) in [6.45, 7) is 2.03. The maximum Gasteiger partial charge on any atom is 0.0781 e. The van der Waals surface area contributed by atoms with Crippen LogP contribution >= 0.6 is 0 Å². The second-order valence-electron chi connectivity index (χ2n) is 3.48. The van der Waals surface area contributed by atoms with E-state index in [-0.39, 0.29) is 12.1 Å². The van der Waals surface area contributed by atoms with E-state index in [0.717, 1.165) is 25.0 Å². The van der Waals surface area contributed by atoms with E-state index < -0.39 is 0 Å². The van der Waals surface area contributed by atoms with Crippen molar-refractivity contribution in [3.63, 3.8) is 0 Å². The van der Waals surface area contributed by atoms with Crippen molar-refractivity contribution in [2.24, 2.45) is 0 Å². The highest BCUT2D eigenvalue weighted by atomic mass is 16.3. The molecular formula is C9H14N2O. The topological polar surface area (TPSA) is 38.0 Å². The van der Waals surface area contributed by atoms with Gasteiger partial charge >= 0.3 is 0 Å². The Bertz CT molecular complexity index is 269. The zero-order valence-electron chi connectivity index (χ0n) is 7.27. The fourth-order valence-corrected chi connectivity index (χ4v) is 1.93. The molecule has 1 heterocycles. The van der Waals surface area contributed by atoms with Gasteiger partial charge in [0.15, 0.2) is 0 Å². The quantitative estimate of drug-likeness (QED) is 0.682. The molecule has 3 heteroatoms. The minimum Gasteiger partial charge on any atom is -0.391 e. The predicted molar refractivity (Wildman–Crippen MR) is 45.9 cm³/mol. The molecule has 1 aliphatic carbocycles. The Labute approximate surface area is 72.0 Å². The van der Waals surface area contributed by atoms with E-state index in [9.17, 15) is 5.11 Å². The zero-order valence-corrected chi connectivity index (χ0v) is 7.27. The Hall–Kier alpha value is -0.830. The molecule has 2 unspecified atom stereocenters. The van der Waals surface area contributed by atoms with Gasteiger partial charge in [-0.15, -0.1) is 0 Å². The molecule has 1 saturated carbocycles. The number of aliphatic hydroxyl groups excluding tert-OH is 1. The minimum absolute atomic E-state index is 0.191. The molecule has 66 valence electrons. The van der Waals surface area contributed by atoms with Gasteiger partial charge in [-0.2, -0.15) is 5.10 Å². The summed E-state index contributed by atoms with van der Waals surface area (Å²) < 4.78 is 1.94. The first kappa shape index (κ1) is 7.80. The number of rotatable bonds is 1. The van der Waals surface area contributed by atoms with Crippen molar-refractivity contribution in [1.29, 1.82) is 0 Å². The van der Waals surface area contributed by atoms with Crippen molar-refractivity contribution in [3.05, 3.63) is 18.0 Å². The molecule has 3 nitrogen and oxygen atoms in total. The van der Waals surface area contributed by atoms with Crippen LogP contribution in [0.3, 0.4) is 0 Å². The average Bonchev–Trinajstić information content (AvgIpc) is 2.59. The van der Waals surface area contributed by atoms with Gasteiger partial charge in [0, 0.05) is 11.9 Å². The maximum absolute atomic E-state index is 9.62. The van der Waals surface area contributed by atoms with Crippen LogP contribution in [0.5, 0.6) is 0 Å². The van der Waals surface area contributed by atoms with Crippen LogP contribution in [0.1, 0.15) is 31.0 Å². The molecule has 0 spiro atoms. The summed E-state index contributed by atoms with van der Waals surface area (Å²) >= 11 is 0. The van der Waals surface area contributed by atoms with Crippen molar-refractivity contribution in [3.8, 4) is 0 Å². The summed E-state index contributed by atoms with van der Waals surface area (Å²) in [6, 6.07) is 2.20. The van der Waals surface area contributed by atoms with Crippen molar-refractivity contribution in [2.45, 2.75) is 38.3 Å². The predicted octanol–water partition coefficient (Wildman–Crippen LogP) is 1.28. The van der Waals surface area contributed by atoms with Gasteiger partial charge in [-0.05, 0) is 32.3 Å². The molecular weight excluding hydrogens is 152 g/mol. The molecule has 2 rings (SSSR count). The van der Waals surface area contributed by atoms with Crippen LogP contribution in [0.4, 0.5) is 0 Å². The molecule has 1 aromatic heterocycles. The Morgan fingerprint density at radius 1 is 1.58 bits per heavy atom. The summed E-state index contributed by atoms with van der Waals surface area (Å²) in [5.74, 6) is 0. The van der Waals surface area contributed by atoms with Gasteiger partial charge in [0.2, 0.25) is 0 Å². The van der Waals surface area contributed by atoms with Crippen LogP contribution in [0.2, 0.25) is 0 Å². The minimum atomic E-state index is -0.191. The first-order valence-corrected chi connectivity index (χ1v) is 4.47. The SMILES string of the molecule is Cc1ccnn1C1CCCC1O. The summed E-state index contributed by atoms with van der Waals surface area (Å²) in [5.41, 5.74) is 1.14. The van der Waals surface area contributed by atoms with Crippen molar-refractivity contribution < 1.29 is 5.11 Å². The molecule has 1 N–H and O–H groups in total. The lowest BCUT2D eigenvalue weighted by Gasteiger charge is -2.16. The van der Waals surface area contributed by atoms with Crippen molar-refractivity contribution >= 4 is 0 Å². The summed E-state index contributed by atoms with van der Waals surface area (Å²) in [7, 11) is 0. The molecule has 0 aromatic carbocycles. The molecule has 1 fully saturated rings. The van der Waals surface area contributed by atoms with Gasteiger partial charge < -0.3 is 5.11 Å². The molecule has 0 amide bonds. The number of hydrogen-bond donors (Lipinski definition) is 1. The molecule has 12 heavy (non-hydrogen) atoms. The van der Waals surface area contributed by atoms with Crippen LogP contribution < -0.4 is 0 Å². The Kier molecular flexibility index (Phi) is 1.89. The van der Waals surface area contributed by atoms with E-state index in [1.54, 1.807) is 6.20 Å². The van der Waals surface area contributed by atoms with Gasteiger partial charge in [0.1, 0.15) is 0 Å². The molecule has 2 atom stereocenters. The molecule has 0 aliphatic heterocycles. The van der Waals surface area contributed by atoms with Gasteiger partial charge in [0.25, 0.3) is 0 Å².